The van der Waals surface area contributed by atoms with Crippen LogP contribution in [-0.2, 0) is 26.0 Å². The lowest BCUT2D eigenvalue weighted by atomic mass is 9.96. The van der Waals surface area contributed by atoms with Gasteiger partial charge in [-0.3, -0.25) is 9.69 Å². The van der Waals surface area contributed by atoms with E-state index in [1.54, 1.807) is 0 Å². The standard InChI is InChI=1S/C23H35ClN8O4S/c1-26-37(34,35)13-10-27-21(33)20-14-32(18-8-11-31(12-9-18)23-28-22(25)29-30-23)19(15-36-20)7-4-16-2-5-17(24)6-3-16/h2-3,5-6,18-20,26H,4,7-15H2,1H3,(H,27,33)(H3,25,28,29,30)/t19-,20+/m0/s1. The van der Waals surface area contributed by atoms with Gasteiger partial charge < -0.3 is 20.7 Å². The fourth-order valence-corrected chi connectivity index (χ4v) is 5.58. The molecule has 0 unspecified atom stereocenters. The second kappa shape index (κ2) is 12.4. The molecular formula is C23H35ClN8O4S. The molecule has 1 aromatic carbocycles. The Morgan fingerprint density at radius 3 is 2.65 bits per heavy atom. The highest BCUT2D eigenvalue weighted by Crippen LogP contribution is 2.27. The van der Waals surface area contributed by atoms with Crippen LogP contribution in [0.5, 0.6) is 0 Å². The number of hydrogen-bond donors (Lipinski definition) is 4. The molecule has 5 N–H and O–H groups in total. The topological polar surface area (TPSA) is 159 Å². The van der Waals surface area contributed by atoms with Crippen molar-refractivity contribution in [3.05, 3.63) is 34.9 Å². The summed E-state index contributed by atoms with van der Waals surface area (Å²) in [5, 5.41) is 10.3. The Bertz CT molecular complexity index is 1140. The number of hydrogen-bond acceptors (Lipinski definition) is 9. The number of anilines is 2. The summed E-state index contributed by atoms with van der Waals surface area (Å²) >= 11 is 6.03. The summed E-state index contributed by atoms with van der Waals surface area (Å²) in [5.41, 5.74) is 6.89. The fraction of sp³-hybridized carbons (Fsp3) is 0.609. The number of halogens is 1. The van der Waals surface area contributed by atoms with E-state index in [1.807, 2.05) is 24.3 Å². The van der Waals surface area contributed by atoms with Crippen molar-refractivity contribution in [1.82, 2.24) is 30.1 Å². The van der Waals surface area contributed by atoms with Crippen molar-refractivity contribution in [2.24, 2.45) is 0 Å². The van der Waals surface area contributed by atoms with Gasteiger partial charge in [0.1, 0.15) is 6.10 Å². The van der Waals surface area contributed by atoms with Gasteiger partial charge in [-0.1, -0.05) is 23.7 Å². The third-order valence-electron chi connectivity index (χ3n) is 7.00. The Kier molecular flexibility index (Phi) is 9.24. The molecule has 0 radical (unpaired) electrons. The molecule has 2 aliphatic heterocycles. The van der Waals surface area contributed by atoms with E-state index in [2.05, 4.69) is 35.0 Å². The van der Waals surface area contributed by atoms with Crippen molar-refractivity contribution >= 4 is 39.4 Å². The number of sulfonamides is 1. The van der Waals surface area contributed by atoms with Crippen molar-refractivity contribution in [2.75, 3.05) is 56.2 Å². The Balaban J connectivity index is 1.39. The molecule has 204 valence electrons. The van der Waals surface area contributed by atoms with Crippen LogP contribution < -0.4 is 20.7 Å². The zero-order valence-electron chi connectivity index (χ0n) is 20.9. The largest absolute Gasteiger partial charge is 0.368 e. The monoisotopic (exact) mass is 554 g/mol. The van der Waals surface area contributed by atoms with Gasteiger partial charge >= 0.3 is 0 Å². The van der Waals surface area contributed by atoms with Crippen LogP contribution in [0, 0.1) is 0 Å². The van der Waals surface area contributed by atoms with E-state index in [0.717, 1.165) is 38.8 Å². The molecule has 0 aliphatic carbocycles. The number of piperidine rings is 1. The number of ether oxygens (including phenoxy) is 1. The van der Waals surface area contributed by atoms with Gasteiger partial charge in [0.05, 0.1) is 12.4 Å². The molecule has 37 heavy (non-hydrogen) atoms. The minimum absolute atomic E-state index is 0.0278. The van der Waals surface area contributed by atoms with E-state index in [0.29, 0.717) is 30.1 Å². The number of aromatic nitrogens is 3. The highest BCUT2D eigenvalue weighted by atomic mass is 35.5. The number of carbonyl (C=O) groups is 1. The summed E-state index contributed by atoms with van der Waals surface area (Å²) in [6, 6.07) is 8.28. The van der Waals surface area contributed by atoms with Gasteiger partial charge in [-0.25, -0.2) is 18.2 Å². The number of nitrogens with zero attached hydrogens (tertiary/aromatic N) is 4. The molecule has 3 heterocycles. The lowest BCUT2D eigenvalue weighted by molar-refractivity contribution is -0.145. The van der Waals surface area contributed by atoms with Gasteiger partial charge in [-0.05, 0) is 50.4 Å². The predicted molar refractivity (Wildman–Crippen MR) is 142 cm³/mol. The summed E-state index contributed by atoms with van der Waals surface area (Å²) in [6.45, 7) is 2.47. The van der Waals surface area contributed by atoms with Crippen LogP contribution in [0.3, 0.4) is 0 Å². The van der Waals surface area contributed by atoms with Crippen molar-refractivity contribution in [3.8, 4) is 0 Å². The first-order chi connectivity index (χ1) is 17.7. The maximum Gasteiger partial charge on any atom is 0.250 e. The van der Waals surface area contributed by atoms with Crippen molar-refractivity contribution in [1.29, 1.82) is 0 Å². The number of morpholine rings is 1. The summed E-state index contributed by atoms with van der Waals surface area (Å²) in [6.07, 6.45) is 2.88. The van der Waals surface area contributed by atoms with Gasteiger partial charge in [0.25, 0.3) is 5.91 Å². The van der Waals surface area contributed by atoms with E-state index in [1.165, 1.54) is 12.6 Å². The van der Waals surface area contributed by atoms with E-state index >= 15 is 0 Å². The molecule has 1 amide bonds. The van der Waals surface area contributed by atoms with Crippen LogP contribution in [0.25, 0.3) is 0 Å². The minimum Gasteiger partial charge on any atom is -0.368 e. The van der Waals surface area contributed by atoms with Crippen LogP contribution >= 0.6 is 11.6 Å². The number of rotatable bonds is 10. The van der Waals surface area contributed by atoms with E-state index in [-0.39, 0.29) is 30.3 Å². The Morgan fingerprint density at radius 2 is 2.00 bits per heavy atom. The van der Waals surface area contributed by atoms with Crippen molar-refractivity contribution in [3.63, 3.8) is 0 Å². The van der Waals surface area contributed by atoms with Crippen LogP contribution in [-0.4, -0.2) is 98.2 Å². The number of benzene rings is 1. The molecule has 0 bridgehead atoms. The second-order valence-electron chi connectivity index (χ2n) is 9.39. The Morgan fingerprint density at radius 1 is 1.27 bits per heavy atom. The van der Waals surface area contributed by atoms with Crippen molar-refractivity contribution < 1.29 is 17.9 Å². The predicted octanol–water partition coefficient (Wildman–Crippen LogP) is 0.377. The number of amides is 1. The lowest BCUT2D eigenvalue weighted by Crippen LogP contribution is -2.59. The summed E-state index contributed by atoms with van der Waals surface area (Å²) < 4.78 is 31.6. The van der Waals surface area contributed by atoms with Crippen LogP contribution in [0.15, 0.2) is 24.3 Å². The van der Waals surface area contributed by atoms with Gasteiger partial charge in [-0.2, -0.15) is 4.98 Å². The number of carbonyl (C=O) groups excluding carboxylic acids is 1. The van der Waals surface area contributed by atoms with Gasteiger partial charge in [0.2, 0.25) is 21.9 Å². The summed E-state index contributed by atoms with van der Waals surface area (Å²) in [7, 11) is -2.04. The number of nitrogens with two attached hydrogens (primary N) is 1. The van der Waals surface area contributed by atoms with Gasteiger partial charge in [0.15, 0.2) is 0 Å². The SMILES string of the molecule is CNS(=O)(=O)CCNC(=O)[C@H]1CN(C2CCN(c3n[nH]c(N)n3)CC2)[C@@H](CCc2ccc(Cl)cc2)CO1. The zero-order valence-corrected chi connectivity index (χ0v) is 22.5. The summed E-state index contributed by atoms with van der Waals surface area (Å²) in [4.78, 5) is 21.6. The smallest absolute Gasteiger partial charge is 0.250 e. The van der Waals surface area contributed by atoms with Crippen LogP contribution in [0.2, 0.25) is 5.02 Å². The lowest BCUT2D eigenvalue weighted by Gasteiger charge is -2.46. The molecule has 2 atom stereocenters. The third-order valence-corrected chi connectivity index (χ3v) is 8.61. The van der Waals surface area contributed by atoms with Crippen molar-refractivity contribution in [2.45, 2.75) is 43.9 Å². The molecular weight excluding hydrogens is 520 g/mol. The molecule has 0 spiro atoms. The van der Waals surface area contributed by atoms with Gasteiger partial charge in [-0.15, -0.1) is 5.10 Å². The number of aryl methyl sites for hydroxylation is 1. The van der Waals surface area contributed by atoms with Gasteiger partial charge in [0, 0.05) is 43.3 Å². The molecule has 4 rings (SSSR count). The zero-order chi connectivity index (χ0) is 26.4. The molecule has 12 nitrogen and oxygen atoms in total. The number of H-pyrrole nitrogens is 1. The number of nitrogen functional groups attached to an aromatic ring is 1. The average molecular weight is 555 g/mol. The number of nitrogens with one attached hydrogen (secondary N) is 3. The molecule has 2 fully saturated rings. The number of aromatic amines is 1. The highest BCUT2D eigenvalue weighted by molar-refractivity contribution is 7.89. The van der Waals surface area contributed by atoms with E-state index < -0.39 is 16.1 Å². The first-order valence-corrected chi connectivity index (χ1v) is 14.5. The molecule has 2 aliphatic rings. The second-order valence-corrected chi connectivity index (χ2v) is 11.9. The van der Waals surface area contributed by atoms with E-state index in [4.69, 9.17) is 22.1 Å². The minimum atomic E-state index is -3.39. The normalized spacial score (nSPS) is 21.7. The maximum atomic E-state index is 12.8. The molecule has 14 heteroatoms. The molecule has 1 aromatic heterocycles. The highest BCUT2D eigenvalue weighted by Gasteiger charge is 2.38. The van der Waals surface area contributed by atoms with E-state index in [9.17, 15) is 13.2 Å². The molecule has 2 aromatic rings. The third kappa shape index (κ3) is 7.54. The van der Waals surface area contributed by atoms with Crippen LogP contribution in [0.4, 0.5) is 11.9 Å². The first-order valence-electron chi connectivity index (χ1n) is 12.5. The van der Waals surface area contributed by atoms with Crippen LogP contribution in [0.1, 0.15) is 24.8 Å². The Labute approximate surface area is 222 Å². The first kappa shape index (κ1) is 27.6. The molecule has 2 saturated heterocycles. The molecule has 0 saturated carbocycles. The summed E-state index contributed by atoms with van der Waals surface area (Å²) in [5.74, 6) is 0.426. The quantitative estimate of drug-likeness (QED) is 0.325. The average Bonchev–Trinajstić information content (AvgIpc) is 3.34. The Hall–Kier alpha value is -2.45. The maximum absolute atomic E-state index is 12.8. The fourth-order valence-electron chi connectivity index (χ4n) is 4.88.